The summed E-state index contributed by atoms with van der Waals surface area (Å²) in [6, 6.07) is 0. The van der Waals surface area contributed by atoms with Crippen molar-refractivity contribution in [1.82, 2.24) is 0 Å². The number of aliphatic hydroxyl groups is 1. The molecule has 1 spiro atoms. The van der Waals surface area contributed by atoms with Gasteiger partial charge in [-0.15, -0.1) is 0 Å². The van der Waals surface area contributed by atoms with Crippen LogP contribution in [0, 0.1) is 5.41 Å². The van der Waals surface area contributed by atoms with Crippen molar-refractivity contribution in [2.75, 3.05) is 7.11 Å². The fourth-order valence-electron chi connectivity index (χ4n) is 2.77. The van der Waals surface area contributed by atoms with Crippen LogP contribution in [0.15, 0.2) is 11.6 Å². The molecule has 2 aliphatic carbocycles. The lowest BCUT2D eigenvalue weighted by atomic mass is 9.52. The zero-order valence-electron chi connectivity index (χ0n) is 9.38. The average molecular weight is 210 g/mol. The molecule has 15 heavy (non-hydrogen) atoms. The molecule has 0 saturated heterocycles. The van der Waals surface area contributed by atoms with Gasteiger partial charge in [0.1, 0.15) is 0 Å². The van der Waals surface area contributed by atoms with E-state index in [9.17, 15) is 9.90 Å². The molecule has 0 radical (unpaired) electrons. The number of hydrogen-bond acceptors (Lipinski definition) is 3. The first kappa shape index (κ1) is 10.7. The molecule has 1 fully saturated rings. The number of carbonyl (C=O) groups is 1. The number of ether oxygens (including phenoxy) is 1. The number of rotatable bonds is 1. The summed E-state index contributed by atoms with van der Waals surface area (Å²) in [5, 5.41) is 10.1. The Morgan fingerprint density at radius 2 is 2.20 bits per heavy atom. The van der Waals surface area contributed by atoms with E-state index < -0.39 is 5.60 Å². The molecule has 0 aromatic rings. The molecular weight excluding hydrogens is 192 g/mol. The topological polar surface area (TPSA) is 46.5 Å². The third kappa shape index (κ3) is 1.49. The van der Waals surface area contributed by atoms with E-state index in [1.165, 1.54) is 7.11 Å². The Kier molecular flexibility index (Phi) is 2.38. The Bertz CT molecular complexity index is 317. The minimum atomic E-state index is -0.537. The van der Waals surface area contributed by atoms with Gasteiger partial charge in [-0.25, -0.2) is 4.79 Å². The summed E-state index contributed by atoms with van der Waals surface area (Å²) in [6.07, 6.45) is 6.36. The van der Waals surface area contributed by atoms with Crippen LogP contribution in [0.5, 0.6) is 0 Å². The predicted molar refractivity (Wildman–Crippen MR) is 56.2 cm³/mol. The molecule has 2 rings (SSSR count). The van der Waals surface area contributed by atoms with E-state index >= 15 is 0 Å². The van der Waals surface area contributed by atoms with Crippen molar-refractivity contribution >= 4 is 5.97 Å². The molecule has 0 aromatic heterocycles. The molecule has 84 valence electrons. The third-order valence-electron chi connectivity index (χ3n) is 4.29. The van der Waals surface area contributed by atoms with Gasteiger partial charge >= 0.3 is 5.97 Å². The third-order valence-corrected chi connectivity index (χ3v) is 4.29. The first-order valence-corrected chi connectivity index (χ1v) is 5.50. The van der Waals surface area contributed by atoms with Crippen molar-refractivity contribution in [3.63, 3.8) is 0 Å². The average Bonchev–Trinajstić information content (AvgIpc) is 2.26. The lowest BCUT2D eigenvalue weighted by Gasteiger charge is -2.56. The largest absolute Gasteiger partial charge is 0.466 e. The summed E-state index contributed by atoms with van der Waals surface area (Å²) in [4.78, 5) is 11.3. The lowest BCUT2D eigenvalue weighted by Crippen LogP contribution is -2.55. The Balaban J connectivity index is 2.09. The van der Waals surface area contributed by atoms with Gasteiger partial charge in [0.05, 0.1) is 12.7 Å². The molecule has 0 unspecified atom stereocenters. The fraction of sp³-hybridized carbons (Fsp3) is 0.750. The van der Waals surface area contributed by atoms with Gasteiger partial charge < -0.3 is 9.84 Å². The molecule has 0 bridgehead atoms. The smallest absolute Gasteiger partial charge is 0.333 e. The van der Waals surface area contributed by atoms with Crippen molar-refractivity contribution < 1.29 is 14.6 Å². The van der Waals surface area contributed by atoms with Gasteiger partial charge in [-0.05, 0) is 39.0 Å². The monoisotopic (exact) mass is 210 g/mol. The lowest BCUT2D eigenvalue weighted by molar-refractivity contribution is -0.160. The van der Waals surface area contributed by atoms with Gasteiger partial charge in [0.2, 0.25) is 0 Å². The minimum absolute atomic E-state index is 0.0323. The Labute approximate surface area is 90.1 Å². The highest BCUT2D eigenvalue weighted by Gasteiger charge is 2.54. The maximum absolute atomic E-state index is 11.3. The molecular formula is C12H18O3. The van der Waals surface area contributed by atoms with Crippen LogP contribution >= 0.6 is 0 Å². The highest BCUT2D eigenvalue weighted by Crippen LogP contribution is 2.57. The number of hydrogen-bond donors (Lipinski definition) is 1. The summed E-state index contributed by atoms with van der Waals surface area (Å²) in [5.41, 5.74) is 0.265. The van der Waals surface area contributed by atoms with Crippen molar-refractivity contribution in [3.8, 4) is 0 Å². The molecule has 0 aliphatic heterocycles. The van der Waals surface area contributed by atoms with Crippen LogP contribution in [-0.4, -0.2) is 23.8 Å². The van der Waals surface area contributed by atoms with Crippen LogP contribution < -0.4 is 0 Å². The molecule has 0 aromatic carbocycles. The Hall–Kier alpha value is -0.830. The van der Waals surface area contributed by atoms with Gasteiger partial charge in [-0.2, -0.15) is 0 Å². The van der Waals surface area contributed by atoms with E-state index in [0.717, 1.165) is 37.7 Å². The van der Waals surface area contributed by atoms with Gasteiger partial charge in [0.15, 0.2) is 0 Å². The van der Waals surface area contributed by atoms with Gasteiger partial charge in [-0.1, -0.05) is 6.08 Å². The van der Waals surface area contributed by atoms with Crippen molar-refractivity contribution in [1.29, 1.82) is 0 Å². The van der Waals surface area contributed by atoms with Crippen LogP contribution in [0.2, 0.25) is 0 Å². The summed E-state index contributed by atoms with van der Waals surface area (Å²) in [6.45, 7) is 1.91. The SMILES string of the molecule is COC(=O)C1=CC[C@]2(CC1)CC[C@@]2(C)O. The van der Waals surface area contributed by atoms with Gasteiger partial charge in [0.25, 0.3) is 0 Å². The Morgan fingerprint density at radius 1 is 1.47 bits per heavy atom. The van der Waals surface area contributed by atoms with Crippen LogP contribution in [0.3, 0.4) is 0 Å². The van der Waals surface area contributed by atoms with Crippen LogP contribution in [0.1, 0.15) is 39.0 Å². The van der Waals surface area contributed by atoms with Crippen molar-refractivity contribution in [3.05, 3.63) is 11.6 Å². The second-order valence-corrected chi connectivity index (χ2v) is 4.98. The number of allylic oxidation sites excluding steroid dienone is 1. The number of carbonyl (C=O) groups excluding carboxylic acids is 1. The second-order valence-electron chi connectivity index (χ2n) is 4.98. The standard InChI is InChI=1S/C12H18O3/c1-11(14)7-8-12(11)5-3-9(4-6-12)10(13)15-2/h3,14H,4-8H2,1-2H3/t11-,12+/m1/s1. The molecule has 1 N–H and O–H groups in total. The summed E-state index contributed by atoms with van der Waals surface area (Å²) >= 11 is 0. The van der Waals surface area contributed by atoms with Crippen LogP contribution in [-0.2, 0) is 9.53 Å². The van der Waals surface area contributed by atoms with Gasteiger partial charge in [0, 0.05) is 11.0 Å². The maximum atomic E-state index is 11.3. The zero-order chi connectivity index (χ0) is 11.1. The van der Waals surface area contributed by atoms with Crippen molar-refractivity contribution in [2.24, 2.45) is 5.41 Å². The van der Waals surface area contributed by atoms with E-state index in [1.807, 2.05) is 13.0 Å². The molecule has 2 aliphatic rings. The first-order chi connectivity index (χ1) is 7.01. The van der Waals surface area contributed by atoms with Crippen LogP contribution in [0.4, 0.5) is 0 Å². The fourth-order valence-corrected chi connectivity index (χ4v) is 2.77. The van der Waals surface area contributed by atoms with E-state index in [-0.39, 0.29) is 11.4 Å². The number of methoxy groups -OCH3 is 1. The summed E-state index contributed by atoms with van der Waals surface area (Å²) in [5.74, 6) is -0.219. The highest BCUT2D eigenvalue weighted by molar-refractivity contribution is 5.88. The molecule has 3 heteroatoms. The van der Waals surface area contributed by atoms with E-state index in [2.05, 4.69) is 0 Å². The van der Waals surface area contributed by atoms with Crippen molar-refractivity contribution in [2.45, 2.75) is 44.6 Å². The van der Waals surface area contributed by atoms with E-state index in [4.69, 9.17) is 4.74 Å². The molecule has 2 atom stereocenters. The molecule has 1 saturated carbocycles. The number of esters is 1. The highest BCUT2D eigenvalue weighted by atomic mass is 16.5. The molecule has 3 nitrogen and oxygen atoms in total. The predicted octanol–water partition coefficient (Wildman–Crippen LogP) is 1.80. The summed E-state index contributed by atoms with van der Waals surface area (Å²) in [7, 11) is 1.41. The van der Waals surface area contributed by atoms with Gasteiger partial charge in [-0.3, -0.25) is 0 Å². The summed E-state index contributed by atoms with van der Waals surface area (Å²) < 4.78 is 4.69. The molecule has 0 heterocycles. The van der Waals surface area contributed by atoms with E-state index in [0.29, 0.717) is 0 Å². The minimum Gasteiger partial charge on any atom is -0.466 e. The van der Waals surface area contributed by atoms with Crippen LogP contribution in [0.25, 0.3) is 0 Å². The quantitative estimate of drug-likeness (QED) is 0.671. The second kappa shape index (κ2) is 3.34. The first-order valence-electron chi connectivity index (χ1n) is 5.50. The Morgan fingerprint density at radius 3 is 2.53 bits per heavy atom. The van der Waals surface area contributed by atoms with E-state index in [1.54, 1.807) is 0 Å². The normalized spacial score (nSPS) is 39.5. The zero-order valence-corrected chi connectivity index (χ0v) is 9.38. The maximum Gasteiger partial charge on any atom is 0.333 e. The molecule has 0 amide bonds.